The molecule has 1 amide bonds. The average Bonchev–Trinajstić information content (AvgIpc) is 3.26. The number of carbonyl (C=O) groups excluding carboxylic acids is 1. The van der Waals surface area contributed by atoms with E-state index >= 15 is 0 Å². The van der Waals surface area contributed by atoms with E-state index < -0.39 is 0 Å². The highest BCUT2D eigenvalue weighted by Gasteiger charge is 2.54. The molecule has 2 aromatic rings. The molecule has 0 atom stereocenters. The maximum atomic E-state index is 13.1. The highest BCUT2D eigenvalue weighted by atomic mass is 32.1. The maximum absolute atomic E-state index is 13.1. The molecule has 0 unspecified atom stereocenters. The van der Waals surface area contributed by atoms with Crippen LogP contribution >= 0.6 is 11.3 Å². The van der Waals surface area contributed by atoms with E-state index in [1.807, 2.05) is 4.90 Å². The van der Waals surface area contributed by atoms with Gasteiger partial charge in [-0.15, -0.1) is 11.3 Å². The van der Waals surface area contributed by atoms with Crippen LogP contribution < -0.4 is 0 Å². The van der Waals surface area contributed by atoms with E-state index in [4.69, 9.17) is 0 Å². The zero-order valence-corrected chi connectivity index (χ0v) is 14.6. The molecule has 0 radical (unpaired) electrons. The van der Waals surface area contributed by atoms with Crippen LogP contribution in [-0.4, -0.2) is 48.9 Å². The van der Waals surface area contributed by atoms with Crippen molar-refractivity contribution in [2.24, 2.45) is 0 Å². The van der Waals surface area contributed by atoms with Crippen molar-refractivity contribution in [1.29, 1.82) is 0 Å². The first-order chi connectivity index (χ1) is 11.6. The Hall–Kier alpha value is -1.72. The average molecular weight is 344 g/mol. The van der Waals surface area contributed by atoms with E-state index in [1.54, 1.807) is 23.5 Å². The summed E-state index contributed by atoms with van der Waals surface area (Å²) in [7, 11) is 2.10. The van der Waals surface area contributed by atoms with Crippen molar-refractivity contribution in [3.05, 3.63) is 47.1 Å². The number of rotatable bonds is 3. The van der Waals surface area contributed by atoms with Gasteiger partial charge < -0.3 is 9.80 Å². The number of hydrogen-bond donors (Lipinski definition) is 0. The van der Waals surface area contributed by atoms with Crippen LogP contribution in [0.15, 0.2) is 36.4 Å². The molecule has 3 nitrogen and oxygen atoms in total. The topological polar surface area (TPSA) is 23.6 Å². The number of thiophene rings is 1. The number of likely N-dealkylation sites (N-methyl/N-ethyl adjacent to an activating group) is 1. The Kier molecular flexibility index (Phi) is 3.93. The van der Waals surface area contributed by atoms with E-state index in [-0.39, 0.29) is 11.2 Å². The molecule has 1 aromatic heterocycles. The number of nitrogens with zero attached hydrogens (tertiary/aromatic N) is 2. The minimum Gasteiger partial charge on any atom is -0.339 e. The number of amides is 1. The van der Waals surface area contributed by atoms with Gasteiger partial charge in [0.15, 0.2) is 0 Å². The Morgan fingerprint density at radius 2 is 1.71 bits per heavy atom. The maximum Gasteiger partial charge on any atom is 0.234 e. The van der Waals surface area contributed by atoms with Gasteiger partial charge in [-0.2, -0.15) is 0 Å². The predicted octanol–water partition coefficient (Wildman–Crippen LogP) is 3.36. The van der Waals surface area contributed by atoms with Crippen LogP contribution in [-0.2, 0) is 10.2 Å². The van der Waals surface area contributed by atoms with Crippen LogP contribution in [0.25, 0.3) is 10.4 Å². The van der Waals surface area contributed by atoms with Gasteiger partial charge in [-0.05, 0) is 49.7 Å². The third-order valence-electron chi connectivity index (χ3n) is 5.16. The molecule has 4 rings (SSSR count). The van der Waals surface area contributed by atoms with Crippen LogP contribution in [0.3, 0.4) is 0 Å². The summed E-state index contributed by atoms with van der Waals surface area (Å²) in [4.78, 5) is 19.6. The van der Waals surface area contributed by atoms with Crippen molar-refractivity contribution >= 4 is 17.2 Å². The molecule has 2 fully saturated rings. The first-order valence-corrected chi connectivity index (χ1v) is 9.24. The summed E-state index contributed by atoms with van der Waals surface area (Å²) in [6, 6.07) is 10.7. The normalized spacial score (nSPS) is 20.2. The summed E-state index contributed by atoms with van der Waals surface area (Å²) in [6.07, 6.45) is 1.89. The number of benzene rings is 1. The summed E-state index contributed by atoms with van der Waals surface area (Å²) in [5.41, 5.74) is 0.717. The van der Waals surface area contributed by atoms with E-state index in [0.717, 1.165) is 54.3 Å². The third-order valence-corrected chi connectivity index (χ3v) is 6.49. The molecular formula is C19H21FN2OS. The van der Waals surface area contributed by atoms with Crippen LogP contribution in [0.5, 0.6) is 0 Å². The van der Waals surface area contributed by atoms with Crippen LogP contribution in [0.1, 0.15) is 17.7 Å². The summed E-state index contributed by atoms with van der Waals surface area (Å²) >= 11 is 1.67. The van der Waals surface area contributed by atoms with Crippen molar-refractivity contribution in [1.82, 2.24) is 9.80 Å². The number of halogens is 1. The lowest BCUT2D eigenvalue weighted by molar-refractivity contribution is -0.135. The second-order valence-electron chi connectivity index (χ2n) is 6.85. The Morgan fingerprint density at radius 1 is 1.04 bits per heavy atom. The van der Waals surface area contributed by atoms with Gasteiger partial charge in [0.05, 0.1) is 5.41 Å². The van der Waals surface area contributed by atoms with Crippen molar-refractivity contribution in [2.45, 2.75) is 18.3 Å². The molecule has 0 N–H and O–H groups in total. The molecule has 1 aliphatic heterocycles. The van der Waals surface area contributed by atoms with E-state index in [2.05, 4.69) is 24.1 Å². The van der Waals surface area contributed by atoms with Gasteiger partial charge in [-0.1, -0.05) is 12.1 Å². The minimum atomic E-state index is -0.293. The van der Waals surface area contributed by atoms with Crippen molar-refractivity contribution in [3.63, 3.8) is 0 Å². The minimum absolute atomic E-state index is 0.223. The molecule has 2 heterocycles. The molecule has 1 saturated heterocycles. The monoisotopic (exact) mass is 344 g/mol. The Balaban J connectivity index is 1.55. The summed E-state index contributed by atoms with van der Waals surface area (Å²) in [5, 5.41) is 0. The van der Waals surface area contributed by atoms with Gasteiger partial charge in [0.25, 0.3) is 0 Å². The highest BCUT2D eigenvalue weighted by Crippen LogP contribution is 2.52. The van der Waals surface area contributed by atoms with Gasteiger partial charge in [0.2, 0.25) is 5.91 Å². The molecule has 24 heavy (non-hydrogen) atoms. The molecule has 0 bridgehead atoms. The number of piperazine rings is 1. The third kappa shape index (κ3) is 2.76. The highest BCUT2D eigenvalue weighted by molar-refractivity contribution is 7.15. The van der Waals surface area contributed by atoms with Crippen LogP contribution in [0, 0.1) is 5.82 Å². The van der Waals surface area contributed by atoms with Gasteiger partial charge in [-0.3, -0.25) is 4.79 Å². The molecule has 126 valence electrons. The number of carbonyl (C=O) groups is 1. The molecule has 0 spiro atoms. The molecule has 2 aliphatic rings. The molecule has 1 saturated carbocycles. The lowest BCUT2D eigenvalue weighted by atomic mass is 10.0. The summed E-state index contributed by atoms with van der Waals surface area (Å²) in [6.45, 7) is 3.56. The fourth-order valence-electron chi connectivity index (χ4n) is 3.37. The van der Waals surface area contributed by atoms with Gasteiger partial charge in [0.1, 0.15) is 5.82 Å². The zero-order chi connectivity index (χ0) is 16.7. The lowest BCUT2D eigenvalue weighted by Gasteiger charge is -2.34. The SMILES string of the molecule is CN1CCN(C(=O)C2(c3ccc(-c4ccc(F)cc4)s3)CC2)CC1. The standard InChI is InChI=1S/C19H21FN2OS/c1-21-10-12-22(13-11-21)18(23)19(8-9-19)17-7-6-16(24-17)14-2-4-15(20)5-3-14/h2-7H,8-13H2,1H3. The van der Waals surface area contributed by atoms with Crippen molar-refractivity contribution in [2.75, 3.05) is 33.2 Å². The van der Waals surface area contributed by atoms with Gasteiger partial charge in [0, 0.05) is 35.9 Å². The number of hydrogen-bond acceptors (Lipinski definition) is 3. The fourth-order valence-corrected chi connectivity index (χ4v) is 4.62. The van der Waals surface area contributed by atoms with E-state index in [0.29, 0.717) is 5.91 Å². The quantitative estimate of drug-likeness (QED) is 0.852. The summed E-state index contributed by atoms with van der Waals surface area (Å²) < 4.78 is 13.1. The molecule has 5 heteroatoms. The largest absolute Gasteiger partial charge is 0.339 e. The second kappa shape index (κ2) is 5.97. The Morgan fingerprint density at radius 3 is 2.33 bits per heavy atom. The predicted molar refractivity (Wildman–Crippen MR) is 94.7 cm³/mol. The second-order valence-corrected chi connectivity index (χ2v) is 7.93. The fraction of sp³-hybridized carbons (Fsp3) is 0.421. The Labute approximate surface area is 145 Å². The van der Waals surface area contributed by atoms with Gasteiger partial charge >= 0.3 is 0 Å². The van der Waals surface area contributed by atoms with E-state index in [1.165, 1.54) is 12.1 Å². The summed E-state index contributed by atoms with van der Waals surface area (Å²) in [5.74, 6) is 0.0718. The van der Waals surface area contributed by atoms with Gasteiger partial charge in [-0.25, -0.2) is 4.39 Å². The van der Waals surface area contributed by atoms with Crippen LogP contribution in [0.2, 0.25) is 0 Å². The Bertz CT molecular complexity index is 743. The van der Waals surface area contributed by atoms with Crippen molar-refractivity contribution < 1.29 is 9.18 Å². The zero-order valence-electron chi connectivity index (χ0n) is 13.8. The molecule has 1 aliphatic carbocycles. The first kappa shape index (κ1) is 15.8. The molecule has 1 aromatic carbocycles. The smallest absolute Gasteiger partial charge is 0.234 e. The molecular weight excluding hydrogens is 323 g/mol. The van der Waals surface area contributed by atoms with Crippen molar-refractivity contribution in [3.8, 4) is 10.4 Å². The lowest BCUT2D eigenvalue weighted by Crippen LogP contribution is -2.50. The van der Waals surface area contributed by atoms with Crippen LogP contribution in [0.4, 0.5) is 4.39 Å². The first-order valence-electron chi connectivity index (χ1n) is 8.43. The van der Waals surface area contributed by atoms with E-state index in [9.17, 15) is 9.18 Å².